The number of nitrogens with one attached hydrogen (secondary N) is 1. The van der Waals surface area contributed by atoms with E-state index in [4.69, 9.17) is 5.11 Å². The molecule has 0 atom stereocenters. The number of aromatic carboxylic acids is 1. The van der Waals surface area contributed by atoms with Gasteiger partial charge in [-0.3, -0.25) is 9.78 Å². The Balaban J connectivity index is 2.04. The van der Waals surface area contributed by atoms with Gasteiger partial charge in [-0.1, -0.05) is 6.07 Å². The van der Waals surface area contributed by atoms with Crippen molar-refractivity contribution < 1.29 is 14.7 Å². The van der Waals surface area contributed by atoms with Crippen molar-refractivity contribution in [2.75, 3.05) is 0 Å². The van der Waals surface area contributed by atoms with Crippen molar-refractivity contribution in [3.63, 3.8) is 0 Å². The van der Waals surface area contributed by atoms with Crippen LogP contribution in [0, 0.1) is 0 Å². The van der Waals surface area contributed by atoms with Crippen LogP contribution in [0.3, 0.4) is 0 Å². The Morgan fingerprint density at radius 2 is 2.11 bits per heavy atom. The van der Waals surface area contributed by atoms with E-state index in [0.29, 0.717) is 6.54 Å². The van der Waals surface area contributed by atoms with Crippen LogP contribution >= 0.6 is 11.3 Å². The molecular weight excluding hydrogens is 254 g/mol. The maximum Gasteiger partial charge on any atom is 0.354 e. The summed E-state index contributed by atoms with van der Waals surface area (Å²) in [5.41, 5.74) is 1.60. The van der Waals surface area contributed by atoms with Crippen molar-refractivity contribution in [2.45, 2.75) is 6.54 Å². The summed E-state index contributed by atoms with van der Waals surface area (Å²) in [6.07, 6.45) is 1.66. The van der Waals surface area contributed by atoms with Gasteiger partial charge in [0.25, 0.3) is 5.91 Å². The lowest BCUT2D eigenvalue weighted by Crippen LogP contribution is -2.24. The lowest BCUT2D eigenvalue weighted by Gasteiger charge is -2.03. The van der Waals surface area contributed by atoms with Crippen LogP contribution in [-0.2, 0) is 6.54 Å². The molecule has 2 heterocycles. The van der Waals surface area contributed by atoms with Crippen molar-refractivity contribution >= 4 is 23.2 Å². The normalized spacial score (nSPS) is 10.0. The van der Waals surface area contributed by atoms with Crippen molar-refractivity contribution in [2.24, 2.45) is 0 Å². The van der Waals surface area contributed by atoms with Crippen molar-refractivity contribution in [3.8, 4) is 0 Å². The molecule has 7 heteroatoms. The number of carboxylic acid groups (broad SMARTS) is 1. The molecule has 0 saturated carbocycles. The highest BCUT2D eigenvalue weighted by atomic mass is 32.1. The summed E-state index contributed by atoms with van der Waals surface area (Å²) in [7, 11) is 0. The lowest BCUT2D eigenvalue weighted by molar-refractivity contribution is 0.0690. The van der Waals surface area contributed by atoms with Crippen molar-refractivity contribution in [1.82, 2.24) is 15.3 Å². The Bertz CT molecular complexity index is 569. The van der Waals surface area contributed by atoms with Gasteiger partial charge in [0.1, 0.15) is 11.4 Å². The SMILES string of the molecule is O=C(O)c1cccc(C(=O)NCc2cncs2)n1. The minimum absolute atomic E-state index is 0.0828. The first-order chi connectivity index (χ1) is 8.66. The molecule has 0 radical (unpaired) electrons. The predicted octanol–water partition coefficient (Wildman–Crippen LogP) is 1.17. The van der Waals surface area contributed by atoms with Crippen molar-refractivity contribution in [1.29, 1.82) is 0 Å². The van der Waals surface area contributed by atoms with Crippen LogP contribution < -0.4 is 5.32 Å². The van der Waals surface area contributed by atoms with Crippen LogP contribution in [0.4, 0.5) is 0 Å². The van der Waals surface area contributed by atoms with Crippen LogP contribution in [0.1, 0.15) is 25.9 Å². The fourth-order valence-electron chi connectivity index (χ4n) is 1.27. The minimum atomic E-state index is -1.16. The van der Waals surface area contributed by atoms with E-state index in [1.54, 1.807) is 11.7 Å². The number of carbonyl (C=O) groups excluding carboxylic acids is 1. The van der Waals surface area contributed by atoms with E-state index in [0.717, 1.165) is 4.88 Å². The fraction of sp³-hybridized carbons (Fsp3) is 0.0909. The maximum atomic E-state index is 11.7. The number of nitrogens with zero attached hydrogens (tertiary/aromatic N) is 2. The molecule has 18 heavy (non-hydrogen) atoms. The van der Waals surface area contributed by atoms with Gasteiger partial charge in [-0.25, -0.2) is 9.78 Å². The molecule has 92 valence electrons. The number of pyridine rings is 1. The van der Waals surface area contributed by atoms with E-state index in [9.17, 15) is 9.59 Å². The quantitative estimate of drug-likeness (QED) is 0.863. The molecule has 2 aromatic heterocycles. The number of hydrogen-bond acceptors (Lipinski definition) is 5. The zero-order valence-electron chi connectivity index (χ0n) is 9.16. The molecule has 2 N–H and O–H groups in total. The van der Waals surface area contributed by atoms with Gasteiger partial charge in [-0.05, 0) is 12.1 Å². The van der Waals surface area contributed by atoms with Gasteiger partial charge >= 0.3 is 5.97 Å². The molecule has 0 aromatic carbocycles. The van der Waals surface area contributed by atoms with Gasteiger partial charge in [0.15, 0.2) is 0 Å². The number of thiazole rings is 1. The summed E-state index contributed by atoms with van der Waals surface area (Å²) in [6.45, 7) is 0.350. The highest BCUT2D eigenvalue weighted by Gasteiger charge is 2.11. The first kappa shape index (κ1) is 12.2. The second-order valence-corrected chi connectivity index (χ2v) is 4.33. The number of rotatable bonds is 4. The summed E-state index contributed by atoms with van der Waals surface area (Å²) in [5, 5.41) is 11.4. The molecule has 2 rings (SSSR count). The van der Waals surface area contributed by atoms with Crippen LogP contribution in [-0.4, -0.2) is 27.0 Å². The van der Waals surface area contributed by atoms with Gasteiger partial charge < -0.3 is 10.4 Å². The molecule has 0 aliphatic carbocycles. The van der Waals surface area contributed by atoms with E-state index in [-0.39, 0.29) is 11.4 Å². The third-order valence-corrected chi connectivity index (χ3v) is 2.89. The fourth-order valence-corrected chi connectivity index (χ4v) is 1.80. The predicted molar refractivity (Wildman–Crippen MR) is 64.5 cm³/mol. The average Bonchev–Trinajstić information content (AvgIpc) is 2.89. The van der Waals surface area contributed by atoms with Crippen LogP contribution in [0.25, 0.3) is 0 Å². The molecule has 0 aliphatic rings. The number of carboxylic acids is 1. The standard InChI is InChI=1S/C11H9N3O3S/c15-10(13-5-7-4-12-6-18-7)8-2-1-3-9(14-8)11(16)17/h1-4,6H,5H2,(H,13,15)(H,16,17). The monoisotopic (exact) mass is 263 g/mol. The topological polar surface area (TPSA) is 92.2 Å². The molecule has 0 aliphatic heterocycles. The van der Waals surface area contributed by atoms with Crippen LogP contribution in [0.5, 0.6) is 0 Å². The van der Waals surface area contributed by atoms with E-state index in [2.05, 4.69) is 15.3 Å². The Kier molecular flexibility index (Phi) is 3.63. The highest BCUT2D eigenvalue weighted by Crippen LogP contribution is 2.05. The van der Waals surface area contributed by atoms with E-state index >= 15 is 0 Å². The molecule has 1 amide bonds. The second-order valence-electron chi connectivity index (χ2n) is 3.36. The Hall–Kier alpha value is -2.28. The number of hydrogen-bond donors (Lipinski definition) is 2. The third-order valence-electron chi connectivity index (χ3n) is 2.11. The van der Waals surface area contributed by atoms with Gasteiger partial charge in [-0.2, -0.15) is 0 Å². The summed E-state index contributed by atoms with van der Waals surface area (Å²) in [4.78, 5) is 31.0. The smallest absolute Gasteiger partial charge is 0.354 e. The third kappa shape index (κ3) is 2.89. The summed E-state index contributed by atoms with van der Waals surface area (Å²) in [5.74, 6) is -1.57. The molecule has 0 bridgehead atoms. The van der Waals surface area contributed by atoms with E-state index in [1.165, 1.54) is 29.5 Å². The first-order valence-electron chi connectivity index (χ1n) is 5.03. The summed E-state index contributed by atoms with van der Waals surface area (Å²) >= 11 is 1.43. The molecule has 0 spiro atoms. The average molecular weight is 263 g/mol. The largest absolute Gasteiger partial charge is 0.477 e. The van der Waals surface area contributed by atoms with E-state index < -0.39 is 11.9 Å². The maximum absolute atomic E-state index is 11.7. The van der Waals surface area contributed by atoms with Gasteiger partial charge in [0.2, 0.25) is 0 Å². The van der Waals surface area contributed by atoms with Crippen molar-refractivity contribution in [3.05, 3.63) is 46.2 Å². The first-order valence-corrected chi connectivity index (χ1v) is 5.90. The Labute approximate surface area is 106 Å². The van der Waals surface area contributed by atoms with E-state index in [1.807, 2.05) is 0 Å². The molecule has 0 unspecified atom stereocenters. The van der Waals surface area contributed by atoms with Gasteiger partial charge in [0.05, 0.1) is 12.1 Å². The van der Waals surface area contributed by atoms with Gasteiger partial charge in [0, 0.05) is 11.1 Å². The molecule has 0 fully saturated rings. The molecule has 6 nitrogen and oxygen atoms in total. The second kappa shape index (κ2) is 5.37. The number of aromatic nitrogens is 2. The number of amides is 1. The van der Waals surface area contributed by atoms with Gasteiger partial charge in [-0.15, -0.1) is 11.3 Å². The Morgan fingerprint density at radius 3 is 2.78 bits per heavy atom. The Morgan fingerprint density at radius 1 is 1.33 bits per heavy atom. The van der Waals surface area contributed by atoms with Crippen LogP contribution in [0.2, 0.25) is 0 Å². The molecular formula is C11H9N3O3S. The zero-order valence-corrected chi connectivity index (χ0v) is 9.98. The number of carbonyl (C=O) groups is 2. The molecule has 0 saturated heterocycles. The summed E-state index contributed by atoms with van der Waals surface area (Å²) in [6, 6.07) is 4.29. The highest BCUT2D eigenvalue weighted by molar-refractivity contribution is 7.09. The van der Waals surface area contributed by atoms with Crippen LogP contribution in [0.15, 0.2) is 29.9 Å². The zero-order chi connectivity index (χ0) is 13.0. The lowest BCUT2D eigenvalue weighted by atomic mass is 10.3. The summed E-state index contributed by atoms with van der Waals surface area (Å²) < 4.78 is 0. The molecule has 2 aromatic rings. The minimum Gasteiger partial charge on any atom is -0.477 e.